The maximum absolute atomic E-state index is 14.6. The third-order valence-corrected chi connectivity index (χ3v) is 6.49. The van der Waals surface area contributed by atoms with Gasteiger partial charge in [-0.2, -0.15) is 0 Å². The van der Waals surface area contributed by atoms with Crippen LogP contribution in [0, 0.1) is 24.4 Å². The molecule has 1 fully saturated rings. The summed E-state index contributed by atoms with van der Waals surface area (Å²) in [6.45, 7) is 6.80. The number of benzene rings is 2. The van der Waals surface area contributed by atoms with E-state index in [0.29, 0.717) is 18.7 Å². The molecular weight excluding hydrogens is 475 g/mol. The number of hydrogen-bond donors (Lipinski definition) is 3. The van der Waals surface area contributed by atoms with E-state index in [-0.39, 0.29) is 24.3 Å². The van der Waals surface area contributed by atoms with Gasteiger partial charge in [-0.05, 0) is 54.6 Å². The van der Waals surface area contributed by atoms with Crippen molar-refractivity contribution in [2.75, 3.05) is 31.5 Å². The summed E-state index contributed by atoms with van der Waals surface area (Å²) in [5, 5.41) is 18.4. The quantitative estimate of drug-likeness (QED) is 0.366. The van der Waals surface area contributed by atoms with Gasteiger partial charge in [-0.25, -0.2) is 13.2 Å². The fourth-order valence-corrected chi connectivity index (χ4v) is 4.49. The third-order valence-electron chi connectivity index (χ3n) is 5.55. The smallest absolute Gasteiger partial charge is 0.256 e. The van der Waals surface area contributed by atoms with E-state index in [1.807, 2.05) is 31.4 Å². The Labute approximate surface area is 207 Å². The van der Waals surface area contributed by atoms with Crippen molar-refractivity contribution in [3.05, 3.63) is 81.3 Å². The van der Waals surface area contributed by atoms with Crippen LogP contribution in [0.2, 0.25) is 0 Å². The number of likely N-dealkylation sites (tertiary alicyclic amines) is 1. The summed E-state index contributed by atoms with van der Waals surface area (Å²) in [7, 11) is 0. The monoisotopic (exact) mass is 505 g/mol. The molecule has 3 aromatic rings. The van der Waals surface area contributed by atoms with Gasteiger partial charge in [0, 0.05) is 18.0 Å². The average molecular weight is 506 g/mol. The molecule has 1 amide bonds. The van der Waals surface area contributed by atoms with Crippen LogP contribution in [0.25, 0.3) is 0 Å². The second kappa shape index (κ2) is 11.7. The van der Waals surface area contributed by atoms with Gasteiger partial charge in [0.05, 0.1) is 30.0 Å². The molecule has 0 saturated carbocycles. The molecule has 0 unspecified atom stereocenters. The zero-order chi connectivity index (χ0) is 25.6. The summed E-state index contributed by atoms with van der Waals surface area (Å²) in [5.41, 5.74) is -1.08. The number of thiophene rings is 1. The zero-order valence-electron chi connectivity index (χ0n) is 20.0. The van der Waals surface area contributed by atoms with Crippen molar-refractivity contribution >= 4 is 28.6 Å². The van der Waals surface area contributed by atoms with Crippen LogP contribution in [-0.4, -0.2) is 47.7 Å². The minimum atomic E-state index is -1.27. The highest BCUT2D eigenvalue weighted by atomic mass is 32.1. The molecule has 2 aromatic carbocycles. The number of carbonyl (C=O) groups is 1. The molecule has 2 heterocycles. The standard InChI is InChI=1S/C24H24F3N3O2S.C2H6/c1-15-4-7-20(19(26)11-15)29-22-17(5-6-18(25)21(22)27)23(31)30-13-24(32,14-30)12-28-9-8-16-3-2-10-33-16;1-2/h2-7,10-11,28-29,32H,8-9,12-14H2,1H3;1-2H3. The number of nitrogens with zero attached hydrogens (tertiary/aromatic N) is 1. The molecule has 0 spiro atoms. The Morgan fingerprint density at radius 2 is 1.86 bits per heavy atom. The van der Waals surface area contributed by atoms with E-state index < -0.39 is 34.6 Å². The zero-order valence-corrected chi connectivity index (χ0v) is 20.8. The molecule has 188 valence electrons. The molecule has 0 aliphatic carbocycles. The lowest BCUT2D eigenvalue weighted by Crippen LogP contribution is -2.67. The number of aliphatic hydroxyl groups is 1. The molecule has 0 radical (unpaired) electrons. The summed E-state index contributed by atoms with van der Waals surface area (Å²) in [4.78, 5) is 15.6. The van der Waals surface area contributed by atoms with Crippen molar-refractivity contribution in [2.45, 2.75) is 32.8 Å². The Hall–Kier alpha value is -2.88. The Bertz CT molecular complexity index is 1150. The first-order valence-electron chi connectivity index (χ1n) is 11.5. The summed E-state index contributed by atoms with van der Waals surface area (Å²) >= 11 is 1.67. The fourth-order valence-electron chi connectivity index (χ4n) is 3.78. The van der Waals surface area contributed by atoms with Crippen molar-refractivity contribution < 1.29 is 23.1 Å². The molecular formula is C26H30F3N3O2S. The highest BCUT2D eigenvalue weighted by Gasteiger charge is 2.44. The maximum atomic E-state index is 14.6. The van der Waals surface area contributed by atoms with Gasteiger partial charge in [-0.1, -0.05) is 26.0 Å². The molecule has 5 nitrogen and oxygen atoms in total. The maximum Gasteiger partial charge on any atom is 0.256 e. The predicted octanol–water partition coefficient (Wildman–Crippen LogP) is 5.26. The Balaban J connectivity index is 0.00000167. The number of aryl methyl sites for hydroxylation is 1. The van der Waals surface area contributed by atoms with E-state index in [1.54, 1.807) is 24.3 Å². The largest absolute Gasteiger partial charge is 0.385 e. The van der Waals surface area contributed by atoms with E-state index in [0.717, 1.165) is 18.6 Å². The molecule has 3 N–H and O–H groups in total. The van der Waals surface area contributed by atoms with Crippen molar-refractivity contribution in [3.8, 4) is 0 Å². The topological polar surface area (TPSA) is 64.6 Å². The van der Waals surface area contributed by atoms with E-state index in [2.05, 4.69) is 10.6 Å². The first-order valence-corrected chi connectivity index (χ1v) is 12.4. The van der Waals surface area contributed by atoms with Gasteiger partial charge in [0.2, 0.25) is 0 Å². The number of nitrogens with one attached hydrogen (secondary N) is 2. The van der Waals surface area contributed by atoms with E-state index in [9.17, 15) is 23.1 Å². The Kier molecular flexibility index (Phi) is 8.93. The highest BCUT2D eigenvalue weighted by molar-refractivity contribution is 7.09. The molecule has 0 bridgehead atoms. The number of anilines is 2. The first kappa shape index (κ1) is 26.7. The van der Waals surface area contributed by atoms with Crippen molar-refractivity contribution in [2.24, 2.45) is 0 Å². The first-order chi connectivity index (χ1) is 16.8. The normalized spacial score (nSPS) is 14.1. The van der Waals surface area contributed by atoms with Crippen LogP contribution in [0.15, 0.2) is 47.8 Å². The van der Waals surface area contributed by atoms with E-state index >= 15 is 0 Å². The molecule has 1 aromatic heterocycles. The lowest BCUT2D eigenvalue weighted by atomic mass is 9.92. The summed E-state index contributed by atoms with van der Waals surface area (Å²) in [6.07, 6.45) is 0.843. The second-order valence-corrected chi connectivity index (χ2v) is 9.32. The molecule has 35 heavy (non-hydrogen) atoms. The van der Waals surface area contributed by atoms with Crippen LogP contribution in [0.5, 0.6) is 0 Å². The Morgan fingerprint density at radius 1 is 1.11 bits per heavy atom. The van der Waals surface area contributed by atoms with Gasteiger partial charge in [0.25, 0.3) is 5.91 Å². The van der Waals surface area contributed by atoms with Crippen LogP contribution < -0.4 is 10.6 Å². The molecule has 1 aliphatic heterocycles. The third kappa shape index (κ3) is 6.42. The van der Waals surface area contributed by atoms with Crippen LogP contribution in [0.3, 0.4) is 0 Å². The number of halogens is 3. The fraction of sp³-hybridized carbons (Fsp3) is 0.346. The Morgan fingerprint density at radius 3 is 2.51 bits per heavy atom. The van der Waals surface area contributed by atoms with Crippen LogP contribution in [-0.2, 0) is 6.42 Å². The molecule has 0 atom stereocenters. The minimum Gasteiger partial charge on any atom is -0.385 e. The predicted molar refractivity (Wildman–Crippen MR) is 134 cm³/mol. The van der Waals surface area contributed by atoms with Gasteiger partial charge in [0.15, 0.2) is 11.6 Å². The van der Waals surface area contributed by atoms with Gasteiger partial charge < -0.3 is 20.6 Å². The van der Waals surface area contributed by atoms with Crippen LogP contribution >= 0.6 is 11.3 Å². The van der Waals surface area contributed by atoms with Crippen LogP contribution in [0.4, 0.5) is 24.5 Å². The van der Waals surface area contributed by atoms with Crippen molar-refractivity contribution in [1.29, 1.82) is 0 Å². The van der Waals surface area contributed by atoms with E-state index in [1.165, 1.54) is 21.9 Å². The lowest BCUT2D eigenvalue weighted by Gasteiger charge is -2.46. The number of amides is 1. The summed E-state index contributed by atoms with van der Waals surface area (Å²) in [5.74, 6) is -3.65. The molecule has 1 saturated heterocycles. The summed E-state index contributed by atoms with van der Waals surface area (Å²) < 4.78 is 42.8. The second-order valence-electron chi connectivity index (χ2n) is 8.28. The van der Waals surface area contributed by atoms with Crippen molar-refractivity contribution in [1.82, 2.24) is 10.2 Å². The average Bonchev–Trinajstić information content (AvgIpc) is 3.34. The molecule has 1 aliphatic rings. The van der Waals surface area contributed by atoms with Crippen molar-refractivity contribution in [3.63, 3.8) is 0 Å². The molecule has 9 heteroatoms. The van der Waals surface area contributed by atoms with Gasteiger partial charge in [0.1, 0.15) is 11.4 Å². The number of carbonyl (C=O) groups excluding carboxylic acids is 1. The van der Waals surface area contributed by atoms with Gasteiger partial charge >= 0.3 is 0 Å². The van der Waals surface area contributed by atoms with E-state index in [4.69, 9.17) is 0 Å². The SMILES string of the molecule is CC.Cc1ccc(Nc2c(C(=O)N3CC(O)(CNCCc4cccs4)C3)ccc(F)c2F)c(F)c1. The van der Waals surface area contributed by atoms with Gasteiger partial charge in [-0.3, -0.25) is 4.79 Å². The number of hydrogen-bond acceptors (Lipinski definition) is 5. The highest BCUT2D eigenvalue weighted by Crippen LogP contribution is 2.31. The lowest BCUT2D eigenvalue weighted by molar-refractivity contribution is -0.0783. The van der Waals surface area contributed by atoms with Gasteiger partial charge in [-0.15, -0.1) is 11.3 Å². The van der Waals surface area contributed by atoms with Crippen LogP contribution in [0.1, 0.15) is 34.6 Å². The number of β-amino-alcohol motifs (C(OH)–C–C–N with tert-alkyl or cyclic N) is 1. The summed E-state index contributed by atoms with van der Waals surface area (Å²) in [6, 6.07) is 10.3. The number of rotatable bonds is 8. The molecule has 4 rings (SSSR count). The minimum absolute atomic E-state index is 0.0508.